The van der Waals surface area contributed by atoms with Crippen LogP contribution in [0.25, 0.3) is 0 Å². The molecule has 90 valence electrons. The maximum Gasteiger partial charge on any atom is 0.119 e. The monoisotopic (exact) mass is 240 g/mol. The van der Waals surface area contributed by atoms with Gasteiger partial charge in [-0.3, -0.25) is 0 Å². The van der Waals surface area contributed by atoms with Gasteiger partial charge in [0.1, 0.15) is 5.75 Å². The van der Waals surface area contributed by atoms with E-state index in [1.807, 2.05) is 43.0 Å². The van der Waals surface area contributed by atoms with Crippen molar-refractivity contribution < 1.29 is 9.84 Å². The third-order valence-corrected chi connectivity index (χ3v) is 3.08. The first kappa shape index (κ1) is 13.4. The van der Waals surface area contributed by atoms with Gasteiger partial charge in [-0.2, -0.15) is 11.8 Å². The number of benzene rings is 1. The first-order chi connectivity index (χ1) is 7.77. The highest BCUT2D eigenvalue weighted by molar-refractivity contribution is 7.98. The summed E-state index contributed by atoms with van der Waals surface area (Å²) < 4.78 is 5.41. The number of ether oxygens (including phenoxy) is 1. The van der Waals surface area contributed by atoms with Crippen LogP contribution in [-0.4, -0.2) is 23.7 Å². The van der Waals surface area contributed by atoms with Gasteiger partial charge in [0.05, 0.1) is 12.7 Å². The fraction of sp³-hybridized carbons (Fsp3) is 0.538. The molecule has 0 heterocycles. The van der Waals surface area contributed by atoms with Crippen molar-refractivity contribution in [1.29, 1.82) is 0 Å². The van der Waals surface area contributed by atoms with Gasteiger partial charge in [-0.25, -0.2) is 0 Å². The van der Waals surface area contributed by atoms with Crippen molar-refractivity contribution >= 4 is 11.8 Å². The van der Waals surface area contributed by atoms with Crippen molar-refractivity contribution in [3.63, 3.8) is 0 Å². The topological polar surface area (TPSA) is 29.5 Å². The van der Waals surface area contributed by atoms with Gasteiger partial charge in [0.2, 0.25) is 0 Å². The molecule has 16 heavy (non-hydrogen) atoms. The lowest BCUT2D eigenvalue weighted by Gasteiger charge is -2.12. The van der Waals surface area contributed by atoms with Gasteiger partial charge in [0, 0.05) is 0 Å². The number of rotatable bonds is 7. The van der Waals surface area contributed by atoms with E-state index in [4.69, 9.17) is 4.74 Å². The molecule has 1 N–H and O–H groups in total. The molecule has 1 aromatic rings. The minimum Gasteiger partial charge on any atom is -0.494 e. The summed E-state index contributed by atoms with van der Waals surface area (Å²) >= 11 is 1.81. The third-order valence-electron chi connectivity index (χ3n) is 2.38. The average molecular weight is 240 g/mol. The summed E-state index contributed by atoms with van der Waals surface area (Å²) in [6.45, 7) is 2.62. The number of aliphatic hydroxyl groups is 1. The number of hydrogen-bond donors (Lipinski definition) is 1. The fourth-order valence-corrected chi connectivity index (χ4v) is 2.02. The number of hydrogen-bond acceptors (Lipinski definition) is 3. The molecule has 0 radical (unpaired) electrons. The van der Waals surface area contributed by atoms with Crippen LogP contribution in [0.4, 0.5) is 0 Å². The third kappa shape index (κ3) is 4.45. The molecule has 0 fully saturated rings. The van der Waals surface area contributed by atoms with Gasteiger partial charge >= 0.3 is 0 Å². The molecule has 0 amide bonds. The standard InChI is InChI=1S/C13H20O2S/c1-3-15-12-7-4-6-11(10-12)13(14)8-5-9-16-2/h4,6-7,10,13-14H,3,5,8-9H2,1-2H3. The predicted octanol–water partition coefficient (Wildman–Crippen LogP) is 3.26. The molecule has 0 saturated carbocycles. The molecule has 1 unspecified atom stereocenters. The Balaban J connectivity index is 2.53. The normalized spacial score (nSPS) is 12.4. The van der Waals surface area contributed by atoms with Gasteiger partial charge in [-0.15, -0.1) is 0 Å². The Morgan fingerprint density at radius 2 is 2.25 bits per heavy atom. The maximum atomic E-state index is 9.97. The van der Waals surface area contributed by atoms with E-state index in [-0.39, 0.29) is 6.10 Å². The van der Waals surface area contributed by atoms with Gasteiger partial charge in [-0.05, 0) is 49.5 Å². The zero-order chi connectivity index (χ0) is 11.8. The second-order valence-corrected chi connectivity index (χ2v) is 4.64. The van der Waals surface area contributed by atoms with Gasteiger partial charge < -0.3 is 9.84 Å². The smallest absolute Gasteiger partial charge is 0.119 e. The van der Waals surface area contributed by atoms with Crippen LogP contribution in [0.15, 0.2) is 24.3 Å². The highest BCUT2D eigenvalue weighted by atomic mass is 32.2. The summed E-state index contributed by atoms with van der Waals surface area (Å²) in [5, 5.41) is 9.97. The van der Waals surface area contributed by atoms with Gasteiger partial charge in [0.25, 0.3) is 0 Å². The first-order valence-corrected chi connectivity index (χ1v) is 7.07. The summed E-state index contributed by atoms with van der Waals surface area (Å²) in [6, 6.07) is 7.72. The largest absolute Gasteiger partial charge is 0.494 e. The molecule has 0 bridgehead atoms. The van der Waals surface area contributed by atoms with Crippen molar-refractivity contribution in [2.75, 3.05) is 18.6 Å². The average Bonchev–Trinajstić information content (AvgIpc) is 2.30. The van der Waals surface area contributed by atoms with Gasteiger partial charge in [-0.1, -0.05) is 12.1 Å². The molecule has 0 aliphatic carbocycles. The zero-order valence-electron chi connectivity index (χ0n) is 9.98. The van der Waals surface area contributed by atoms with Crippen LogP contribution in [0.3, 0.4) is 0 Å². The molecule has 3 heteroatoms. The molecule has 2 nitrogen and oxygen atoms in total. The summed E-state index contributed by atoms with van der Waals surface area (Å²) in [6.07, 6.45) is 3.58. The molecule has 0 aliphatic heterocycles. The van der Waals surface area contributed by atoms with Crippen molar-refractivity contribution in [2.45, 2.75) is 25.9 Å². The van der Waals surface area contributed by atoms with E-state index in [9.17, 15) is 5.11 Å². The van der Waals surface area contributed by atoms with Crippen molar-refractivity contribution in [3.05, 3.63) is 29.8 Å². The lowest BCUT2D eigenvalue weighted by Crippen LogP contribution is -1.99. The van der Waals surface area contributed by atoms with Crippen LogP contribution >= 0.6 is 11.8 Å². The lowest BCUT2D eigenvalue weighted by molar-refractivity contribution is 0.166. The SMILES string of the molecule is CCOc1cccc(C(O)CCCSC)c1. The Morgan fingerprint density at radius 3 is 2.94 bits per heavy atom. The van der Waals surface area contributed by atoms with E-state index in [1.54, 1.807) is 0 Å². The van der Waals surface area contributed by atoms with E-state index in [0.717, 1.165) is 29.9 Å². The highest BCUT2D eigenvalue weighted by Crippen LogP contribution is 2.23. The number of thioether (sulfide) groups is 1. The Kier molecular flexibility index (Phi) is 6.34. The van der Waals surface area contributed by atoms with E-state index in [2.05, 4.69) is 6.26 Å². The van der Waals surface area contributed by atoms with Crippen LogP contribution in [0.1, 0.15) is 31.4 Å². The first-order valence-electron chi connectivity index (χ1n) is 5.67. The van der Waals surface area contributed by atoms with Crippen molar-refractivity contribution in [1.82, 2.24) is 0 Å². The molecular weight excluding hydrogens is 220 g/mol. The van der Waals surface area contributed by atoms with E-state index >= 15 is 0 Å². The molecule has 1 rings (SSSR count). The Morgan fingerprint density at radius 1 is 1.44 bits per heavy atom. The fourth-order valence-electron chi connectivity index (χ4n) is 1.57. The van der Waals surface area contributed by atoms with E-state index in [1.165, 1.54) is 0 Å². The van der Waals surface area contributed by atoms with Crippen LogP contribution in [0.5, 0.6) is 5.75 Å². The maximum absolute atomic E-state index is 9.97. The van der Waals surface area contributed by atoms with Crippen molar-refractivity contribution in [2.24, 2.45) is 0 Å². The second kappa shape index (κ2) is 7.58. The van der Waals surface area contributed by atoms with Crippen LogP contribution in [-0.2, 0) is 0 Å². The van der Waals surface area contributed by atoms with E-state index < -0.39 is 0 Å². The van der Waals surface area contributed by atoms with Gasteiger partial charge in [0.15, 0.2) is 0 Å². The molecule has 1 atom stereocenters. The molecule has 0 spiro atoms. The summed E-state index contributed by atoms with van der Waals surface area (Å²) in [4.78, 5) is 0. The van der Waals surface area contributed by atoms with E-state index in [0.29, 0.717) is 6.61 Å². The Labute approximate surface area is 102 Å². The van der Waals surface area contributed by atoms with Crippen LogP contribution in [0.2, 0.25) is 0 Å². The minimum atomic E-state index is -0.368. The highest BCUT2D eigenvalue weighted by Gasteiger charge is 2.07. The quantitative estimate of drug-likeness (QED) is 0.742. The number of aliphatic hydroxyl groups excluding tert-OH is 1. The van der Waals surface area contributed by atoms with Crippen LogP contribution < -0.4 is 4.74 Å². The molecule has 0 saturated heterocycles. The predicted molar refractivity (Wildman–Crippen MR) is 70.2 cm³/mol. The Bertz CT molecular complexity index is 302. The summed E-state index contributed by atoms with van der Waals surface area (Å²) in [5.41, 5.74) is 0.951. The second-order valence-electron chi connectivity index (χ2n) is 3.66. The molecule has 0 aromatic heterocycles. The lowest BCUT2D eigenvalue weighted by atomic mass is 10.1. The minimum absolute atomic E-state index is 0.368. The van der Waals surface area contributed by atoms with Crippen LogP contribution in [0, 0.1) is 0 Å². The summed E-state index contributed by atoms with van der Waals surface area (Å²) in [5.74, 6) is 1.94. The molecular formula is C13H20O2S. The Hall–Kier alpha value is -0.670. The van der Waals surface area contributed by atoms with Crippen molar-refractivity contribution in [3.8, 4) is 5.75 Å². The molecule has 0 aliphatic rings. The summed E-state index contributed by atoms with van der Waals surface area (Å²) in [7, 11) is 0. The molecule has 1 aromatic carbocycles. The zero-order valence-corrected chi connectivity index (χ0v) is 10.8.